The van der Waals surface area contributed by atoms with Gasteiger partial charge in [-0.2, -0.15) is 10.2 Å². The fraction of sp³-hybridized carbons (Fsp3) is 0.143. The van der Waals surface area contributed by atoms with E-state index >= 15 is 0 Å². The molecule has 0 radical (unpaired) electrons. The van der Waals surface area contributed by atoms with E-state index in [0.29, 0.717) is 28.4 Å². The number of rotatable bonds is 3. The van der Waals surface area contributed by atoms with Gasteiger partial charge in [0.05, 0.1) is 11.3 Å². The topological polar surface area (TPSA) is 79.4 Å². The van der Waals surface area contributed by atoms with Crippen molar-refractivity contribution >= 4 is 12.2 Å². The normalized spacial score (nSPS) is 10.7. The highest BCUT2D eigenvalue weighted by atomic mass is 32.1. The van der Waals surface area contributed by atoms with Gasteiger partial charge in [0.15, 0.2) is 10.6 Å². The van der Waals surface area contributed by atoms with Gasteiger partial charge in [0.25, 0.3) is 5.56 Å². The highest BCUT2D eigenvalue weighted by molar-refractivity contribution is 7.71. The zero-order valence-electron chi connectivity index (χ0n) is 11.3. The molecule has 0 aliphatic rings. The Morgan fingerprint density at radius 1 is 1.19 bits per heavy atom. The molecular formula is C14H13N5OS. The van der Waals surface area contributed by atoms with Crippen LogP contribution in [0.15, 0.2) is 41.2 Å². The molecule has 0 saturated carbocycles. The minimum absolute atomic E-state index is 0.293. The lowest BCUT2D eigenvalue weighted by Gasteiger charge is -2.05. The Morgan fingerprint density at radius 3 is 2.67 bits per heavy atom. The molecule has 3 aromatic rings. The predicted octanol–water partition coefficient (Wildman–Crippen LogP) is 2.38. The van der Waals surface area contributed by atoms with Crippen LogP contribution in [0, 0.1) is 4.77 Å². The molecule has 2 aromatic heterocycles. The van der Waals surface area contributed by atoms with Crippen LogP contribution >= 0.6 is 12.2 Å². The van der Waals surface area contributed by atoms with Gasteiger partial charge in [-0.3, -0.25) is 9.89 Å². The predicted molar refractivity (Wildman–Crippen MR) is 82.4 cm³/mol. The van der Waals surface area contributed by atoms with Crippen molar-refractivity contribution in [1.82, 2.24) is 25.0 Å². The summed E-state index contributed by atoms with van der Waals surface area (Å²) in [6, 6.07) is 11.4. The van der Waals surface area contributed by atoms with Crippen LogP contribution in [0.25, 0.3) is 22.6 Å². The second-order valence-corrected chi connectivity index (χ2v) is 4.85. The average molecular weight is 299 g/mol. The van der Waals surface area contributed by atoms with Crippen LogP contribution in [0.3, 0.4) is 0 Å². The number of benzene rings is 1. The van der Waals surface area contributed by atoms with Gasteiger partial charge in [0.2, 0.25) is 0 Å². The zero-order chi connectivity index (χ0) is 14.8. The van der Waals surface area contributed by atoms with Crippen molar-refractivity contribution in [3.05, 3.63) is 51.5 Å². The number of hydrogen-bond acceptors (Lipinski definition) is 4. The first kappa shape index (κ1) is 13.4. The van der Waals surface area contributed by atoms with E-state index in [-0.39, 0.29) is 5.56 Å². The summed E-state index contributed by atoms with van der Waals surface area (Å²) in [6.07, 6.45) is 0. The molecule has 0 bridgehead atoms. The molecular weight excluding hydrogens is 286 g/mol. The minimum Gasteiger partial charge on any atom is -0.300 e. The number of aromatic nitrogens is 5. The molecule has 2 heterocycles. The van der Waals surface area contributed by atoms with Crippen LogP contribution in [-0.4, -0.2) is 25.0 Å². The summed E-state index contributed by atoms with van der Waals surface area (Å²) in [7, 11) is 0. The zero-order valence-corrected chi connectivity index (χ0v) is 12.1. The summed E-state index contributed by atoms with van der Waals surface area (Å²) in [4.78, 5) is 12.1. The van der Waals surface area contributed by atoms with E-state index in [1.54, 1.807) is 10.6 Å². The highest BCUT2D eigenvalue weighted by Crippen LogP contribution is 2.20. The Morgan fingerprint density at radius 2 is 1.95 bits per heavy atom. The average Bonchev–Trinajstić information content (AvgIpc) is 2.89. The SMILES string of the molecule is CCn1c(-c2cc(-c3ccccc3)n[nH]c2=O)n[nH]c1=S. The fourth-order valence-electron chi connectivity index (χ4n) is 2.15. The van der Waals surface area contributed by atoms with E-state index in [2.05, 4.69) is 20.4 Å². The summed E-state index contributed by atoms with van der Waals surface area (Å²) in [5, 5.41) is 13.5. The van der Waals surface area contributed by atoms with Crippen molar-refractivity contribution in [2.24, 2.45) is 0 Å². The summed E-state index contributed by atoms with van der Waals surface area (Å²) >= 11 is 5.16. The second kappa shape index (κ2) is 5.45. The first-order chi connectivity index (χ1) is 10.2. The van der Waals surface area contributed by atoms with Gasteiger partial charge < -0.3 is 4.57 Å². The Bertz CT molecular complexity index is 878. The first-order valence-electron chi connectivity index (χ1n) is 6.51. The first-order valence-corrected chi connectivity index (χ1v) is 6.92. The van der Waals surface area contributed by atoms with Gasteiger partial charge in [-0.05, 0) is 25.2 Å². The lowest BCUT2D eigenvalue weighted by molar-refractivity contribution is 0.754. The van der Waals surface area contributed by atoms with Crippen molar-refractivity contribution in [2.75, 3.05) is 0 Å². The number of nitrogens with zero attached hydrogens (tertiary/aromatic N) is 3. The van der Waals surface area contributed by atoms with Gasteiger partial charge in [0, 0.05) is 12.1 Å². The third-order valence-electron chi connectivity index (χ3n) is 3.19. The Hall–Kier alpha value is -2.54. The van der Waals surface area contributed by atoms with Crippen LogP contribution < -0.4 is 5.56 Å². The molecule has 7 heteroatoms. The van der Waals surface area contributed by atoms with Crippen molar-refractivity contribution < 1.29 is 0 Å². The number of nitrogens with one attached hydrogen (secondary N) is 2. The van der Waals surface area contributed by atoms with E-state index < -0.39 is 0 Å². The van der Waals surface area contributed by atoms with Gasteiger partial charge >= 0.3 is 0 Å². The van der Waals surface area contributed by atoms with E-state index in [1.165, 1.54) is 0 Å². The maximum Gasteiger partial charge on any atom is 0.275 e. The van der Waals surface area contributed by atoms with Crippen molar-refractivity contribution in [2.45, 2.75) is 13.5 Å². The lowest BCUT2D eigenvalue weighted by atomic mass is 10.1. The molecule has 0 unspecified atom stereocenters. The standard InChI is InChI=1S/C14H13N5OS/c1-2-19-12(16-18-14(19)21)10-8-11(15-17-13(10)20)9-6-4-3-5-7-9/h3-8H,2H2,1H3,(H,17,20)(H,18,21). The molecule has 0 fully saturated rings. The summed E-state index contributed by atoms with van der Waals surface area (Å²) in [5.74, 6) is 0.517. The fourth-order valence-corrected chi connectivity index (χ4v) is 2.41. The number of H-pyrrole nitrogens is 2. The molecule has 0 atom stereocenters. The van der Waals surface area contributed by atoms with Crippen molar-refractivity contribution in [3.63, 3.8) is 0 Å². The van der Waals surface area contributed by atoms with Gasteiger partial charge in [-0.25, -0.2) is 5.10 Å². The Labute approximate surface area is 125 Å². The second-order valence-electron chi connectivity index (χ2n) is 4.46. The van der Waals surface area contributed by atoms with Crippen LogP contribution in [0.4, 0.5) is 0 Å². The third kappa shape index (κ3) is 2.43. The molecule has 0 amide bonds. The van der Waals surface area contributed by atoms with E-state index in [0.717, 1.165) is 5.56 Å². The molecule has 0 saturated heterocycles. The van der Waals surface area contributed by atoms with Gasteiger partial charge in [-0.15, -0.1) is 0 Å². The smallest absolute Gasteiger partial charge is 0.275 e. The summed E-state index contributed by atoms with van der Waals surface area (Å²) < 4.78 is 2.26. The minimum atomic E-state index is -0.293. The molecule has 0 spiro atoms. The lowest BCUT2D eigenvalue weighted by Crippen LogP contribution is -2.14. The molecule has 106 valence electrons. The molecule has 3 rings (SSSR count). The molecule has 21 heavy (non-hydrogen) atoms. The van der Waals surface area contributed by atoms with Crippen LogP contribution in [-0.2, 0) is 6.54 Å². The molecule has 1 aromatic carbocycles. The quantitative estimate of drug-likeness (QED) is 0.728. The van der Waals surface area contributed by atoms with Crippen LogP contribution in [0.1, 0.15) is 6.92 Å². The Kier molecular flexibility index (Phi) is 3.49. The maximum absolute atomic E-state index is 12.1. The van der Waals surface area contributed by atoms with Crippen LogP contribution in [0.2, 0.25) is 0 Å². The van der Waals surface area contributed by atoms with Crippen molar-refractivity contribution in [3.8, 4) is 22.6 Å². The molecule has 0 aliphatic carbocycles. The van der Waals surface area contributed by atoms with Crippen molar-refractivity contribution in [1.29, 1.82) is 0 Å². The van der Waals surface area contributed by atoms with E-state index in [1.807, 2.05) is 37.3 Å². The molecule has 6 nitrogen and oxygen atoms in total. The van der Waals surface area contributed by atoms with Gasteiger partial charge in [0.1, 0.15) is 0 Å². The molecule has 0 aliphatic heterocycles. The summed E-state index contributed by atoms with van der Waals surface area (Å²) in [5.41, 5.74) is 1.75. The maximum atomic E-state index is 12.1. The van der Waals surface area contributed by atoms with Crippen LogP contribution in [0.5, 0.6) is 0 Å². The molecule has 2 N–H and O–H groups in total. The van der Waals surface area contributed by atoms with E-state index in [9.17, 15) is 4.79 Å². The largest absolute Gasteiger partial charge is 0.300 e. The summed E-state index contributed by atoms with van der Waals surface area (Å²) in [6.45, 7) is 2.58. The highest BCUT2D eigenvalue weighted by Gasteiger charge is 2.13. The van der Waals surface area contributed by atoms with Gasteiger partial charge in [-0.1, -0.05) is 30.3 Å². The monoisotopic (exact) mass is 299 g/mol. The third-order valence-corrected chi connectivity index (χ3v) is 3.50. The van der Waals surface area contributed by atoms with E-state index in [4.69, 9.17) is 12.2 Å². The number of aromatic amines is 2. The Balaban J connectivity index is 2.19. The number of hydrogen-bond donors (Lipinski definition) is 2.